The van der Waals surface area contributed by atoms with E-state index >= 15 is 0 Å². The number of hydrogen-bond acceptors (Lipinski definition) is 7. The molecule has 12 nitrogen and oxygen atoms in total. The normalized spacial score (nSPS) is 21.7. The van der Waals surface area contributed by atoms with Crippen LogP contribution in [-0.2, 0) is 24.7 Å². The van der Waals surface area contributed by atoms with Crippen LogP contribution < -0.4 is 16.0 Å². The molecule has 2 fully saturated rings. The molecule has 5 amide bonds. The number of piperidine rings is 1. The van der Waals surface area contributed by atoms with Crippen LogP contribution in [0.15, 0.2) is 42.5 Å². The largest absolute Gasteiger partial charge is 0.453 e. The van der Waals surface area contributed by atoms with Crippen LogP contribution in [0.5, 0.6) is 0 Å². The fraction of sp³-hybridized carbons (Fsp3) is 0.414. The second kappa shape index (κ2) is 11.9. The van der Waals surface area contributed by atoms with Gasteiger partial charge in [0.2, 0.25) is 11.8 Å². The summed E-state index contributed by atoms with van der Waals surface area (Å²) in [6, 6.07) is 10.0. The van der Waals surface area contributed by atoms with Gasteiger partial charge in [-0.3, -0.25) is 25.0 Å². The molecule has 3 aliphatic heterocycles. The van der Waals surface area contributed by atoms with E-state index in [1.165, 1.54) is 36.3 Å². The molecule has 3 aliphatic rings. The van der Waals surface area contributed by atoms with Crippen LogP contribution in [0.25, 0.3) is 0 Å². The number of nitrogens with zero attached hydrogens (tertiary/aromatic N) is 2. The topological polar surface area (TPSA) is 146 Å². The van der Waals surface area contributed by atoms with Gasteiger partial charge in [-0.2, -0.15) is 0 Å². The molecule has 0 aliphatic carbocycles. The van der Waals surface area contributed by atoms with Gasteiger partial charge in [-0.1, -0.05) is 11.6 Å². The summed E-state index contributed by atoms with van der Waals surface area (Å²) in [4.78, 5) is 67.6. The van der Waals surface area contributed by atoms with Crippen LogP contribution >= 0.6 is 11.6 Å². The van der Waals surface area contributed by atoms with Crippen molar-refractivity contribution in [2.75, 3.05) is 37.4 Å². The third-order valence-corrected chi connectivity index (χ3v) is 8.20. The minimum Gasteiger partial charge on any atom is -0.453 e. The third-order valence-electron chi connectivity index (χ3n) is 7.97. The predicted octanol–water partition coefficient (Wildman–Crippen LogP) is 3.71. The Kier molecular flexibility index (Phi) is 8.26. The second-order valence-electron chi connectivity index (χ2n) is 10.7. The average molecular weight is 598 g/mol. The summed E-state index contributed by atoms with van der Waals surface area (Å²) in [6.45, 7) is 2.93. The van der Waals surface area contributed by atoms with E-state index in [0.29, 0.717) is 47.9 Å². The van der Waals surface area contributed by atoms with E-state index < -0.39 is 35.6 Å². The van der Waals surface area contributed by atoms with Crippen molar-refractivity contribution in [3.63, 3.8) is 0 Å². The number of ether oxygens (including phenoxy) is 2. The summed E-state index contributed by atoms with van der Waals surface area (Å²) < 4.78 is 10.4. The van der Waals surface area contributed by atoms with E-state index in [-0.39, 0.29) is 30.5 Å². The molecule has 222 valence electrons. The Labute approximate surface area is 247 Å². The Hall–Kier alpha value is -4.32. The van der Waals surface area contributed by atoms with Crippen molar-refractivity contribution in [2.45, 2.75) is 50.3 Å². The van der Waals surface area contributed by atoms with E-state index in [1.807, 2.05) is 6.92 Å². The number of likely N-dealkylation sites (tertiary alicyclic amines) is 2. The number of carbonyl (C=O) groups excluding carboxylic acids is 5. The zero-order chi connectivity index (χ0) is 30.0. The fourth-order valence-electron chi connectivity index (χ4n) is 5.60. The van der Waals surface area contributed by atoms with Gasteiger partial charge in [0, 0.05) is 41.0 Å². The molecule has 3 heterocycles. The Bertz CT molecular complexity index is 1420. The highest BCUT2D eigenvalue weighted by molar-refractivity contribution is 6.30. The zero-order valence-electron chi connectivity index (χ0n) is 23.3. The van der Waals surface area contributed by atoms with Gasteiger partial charge in [-0.05, 0) is 68.7 Å². The van der Waals surface area contributed by atoms with Crippen molar-refractivity contribution >= 4 is 52.9 Å². The number of fused-ring (bicyclic) bond motifs is 2. The van der Waals surface area contributed by atoms with Crippen LogP contribution in [0, 0.1) is 0 Å². The lowest BCUT2D eigenvalue weighted by atomic mass is 9.83. The van der Waals surface area contributed by atoms with Crippen molar-refractivity contribution in [3.05, 3.63) is 58.6 Å². The first-order chi connectivity index (χ1) is 20.1. The van der Waals surface area contributed by atoms with Gasteiger partial charge in [0.05, 0.1) is 25.8 Å². The zero-order valence-corrected chi connectivity index (χ0v) is 24.0. The molecule has 0 saturated carbocycles. The van der Waals surface area contributed by atoms with Crippen molar-refractivity contribution < 1.29 is 33.4 Å². The highest BCUT2D eigenvalue weighted by Crippen LogP contribution is 2.43. The molecule has 42 heavy (non-hydrogen) atoms. The molecule has 3 atom stereocenters. The smallest absolute Gasteiger partial charge is 0.412 e. The molecule has 0 bridgehead atoms. The van der Waals surface area contributed by atoms with Crippen molar-refractivity contribution in [1.29, 1.82) is 0 Å². The molecular formula is C29H32ClN5O7. The Morgan fingerprint density at radius 2 is 1.93 bits per heavy atom. The van der Waals surface area contributed by atoms with Gasteiger partial charge in [0.1, 0.15) is 6.04 Å². The number of halogens is 1. The summed E-state index contributed by atoms with van der Waals surface area (Å²) in [5, 5.41) is 8.40. The SMILES string of the molecule is COC(=O)Nc1ccc(C(=O)N[C@@H](CC(=O)N2CC[C@@H]2C)C(=O)N2CCC[C@@]3(C2)OC(=O)Nc2ccc(Cl)cc23)cc1. The summed E-state index contributed by atoms with van der Waals surface area (Å²) in [5.74, 6) is -1.24. The number of carbonyl (C=O) groups is 5. The fourth-order valence-corrected chi connectivity index (χ4v) is 5.77. The molecule has 13 heteroatoms. The van der Waals surface area contributed by atoms with Gasteiger partial charge < -0.3 is 24.6 Å². The maximum Gasteiger partial charge on any atom is 0.412 e. The highest BCUT2D eigenvalue weighted by atomic mass is 35.5. The highest BCUT2D eigenvalue weighted by Gasteiger charge is 2.47. The molecule has 0 aromatic heterocycles. The van der Waals surface area contributed by atoms with Gasteiger partial charge in [-0.15, -0.1) is 0 Å². The Balaban J connectivity index is 1.37. The quantitative estimate of drug-likeness (QED) is 0.460. The lowest BCUT2D eigenvalue weighted by Gasteiger charge is -2.46. The maximum atomic E-state index is 14.0. The van der Waals surface area contributed by atoms with Crippen LogP contribution in [0.1, 0.15) is 48.5 Å². The van der Waals surface area contributed by atoms with Crippen LogP contribution in [-0.4, -0.2) is 78.5 Å². The van der Waals surface area contributed by atoms with Crippen LogP contribution in [0.2, 0.25) is 5.02 Å². The molecule has 0 unspecified atom stereocenters. The number of rotatable bonds is 6. The lowest BCUT2D eigenvalue weighted by Crippen LogP contribution is -2.58. The molecule has 0 radical (unpaired) electrons. The molecule has 1 spiro atoms. The molecule has 5 rings (SSSR count). The van der Waals surface area contributed by atoms with Crippen molar-refractivity contribution in [1.82, 2.24) is 15.1 Å². The maximum absolute atomic E-state index is 14.0. The van der Waals surface area contributed by atoms with Gasteiger partial charge in [0.15, 0.2) is 5.60 Å². The standard InChI is InChI=1S/C29H32ClN5O7/c1-17-10-13-35(17)24(36)15-23(32-25(37)18-4-7-20(8-5-18)31-27(39)41-2)26(38)34-12-3-11-29(16-34)21-14-19(30)6-9-22(21)33-28(40)42-29/h4-9,14,17,23H,3,10-13,15-16H2,1-2H3,(H,31,39)(H,32,37)(H,33,40)/t17-,23-,29-/m0/s1. The number of benzene rings is 2. The van der Waals surface area contributed by atoms with Crippen LogP contribution in [0.4, 0.5) is 21.0 Å². The summed E-state index contributed by atoms with van der Waals surface area (Å²) in [5.41, 5.74) is 0.756. The van der Waals surface area contributed by atoms with E-state index in [4.69, 9.17) is 16.3 Å². The monoisotopic (exact) mass is 597 g/mol. The summed E-state index contributed by atoms with van der Waals surface area (Å²) >= 11 is 6.27. The Morgan fingerprint density at radius 1 is 1.17 bits per heavy atom. The first kappa shape index (κ1) is 29.2. The van der Waals surface area contributed by atoms with Gasteiger partial charge in [-0.25, -0.2) is 9.59 Å². The summed E-state index contributed by atoms with van der Waals surface area (Å²) in [6.07, 6.45) is 0.377. The minimum atomic E-state index is -1.16. The number of nitrogens with one attached hydrogen (secondary N) is 3. The molecular weight excluding hydrogens is 566 g/mol. The number of hydrogen-bond donors (Lipinski definition) is 3. The number of methoxy groups -OCH3 is 1. The molecule has 2 saturated heterocycles. The van der Waals surface area contributed by atoms with E-state index in [2.05, 4.69) is 20.7 Å². The van der Waals surface area contributed by atoms with Gasteiger partial charge in [0.25, 0.3) is 5.91 Å². The number of anilines is 2. The van der Waals surface area contributed by atoms with Crippen molar-refractivity contribution in [3.8, 4) is 0 Å². The lowest BCUT2D eigenvalue weighted by molar-refractivity contribution is -0.146. The first-order valence-corrected chi connectivity index (χ1v) is 14.1. The third kappa shape index (κ3) is 5.98. The molecule has 3 N–H and O–H groups in total. The van der Waals surface area contributed by atoms with E-state index in [1.54, 1.807) is 23.1 Å². The second-order valence-corrected chi connectivity index (χ2v) is 11.1. The average Bonchev–Trinajstić information content (AvgIpc) is 2.96. The van der Waals surface area contributed by atoms with E-state index in [9.17, 15) is 24.0 Å². The summed E-state index contributed by atoms with van der Waals surface area (Å²) in [7, 11) is 1.24. The molecule has 2 aromatic rings. The first-order valence-electron chi connectivity index (χ1n) is 13.7. The van der Waals surface area contributed by atoms with Gasteiger partial charge >= 0.3 is 12.2 Å². The Morgan fingerprint density at radius 3 is 2.60 bits per heavy atom. The van der Waals surface area contributed by atoms with Crippen molar-refractivity contribution in [2.24, 2.45) is 0 Å². The number of amides is 5. The van der Waals surface area contributed by atoms with Crippen LogP contribution in [0.3, 0.4) is 0 Å². The van der Waals surface area contributed by atoms with E-state index in [0.717, 1.165) is 6.42 Å². The molecule has 2 aromatic carbocycles. The predicted molar refractivity (Wildman–Crippen MR) is 153 cm³/mol. The minimum absolute atomic E-state index is 0.0428.